The van der Waals surface area contributed by atoms with E-state index in [2.05, 4.69) is 55.4 Å². The van der Waals surface area contributed by atoms with Gasteiger partial charge in [-0.05, 0) is 69.6 Å². The number of rotatable bonds is 63. The van der Waals surface area contributed by atoms with Crippen molar-refractivity contribution in [2.75, 3.05) is 13.2 Å². The molecule has 2 N–H and O–H groups in total. The summed E-state index contributed by atoms with van der Waals surface area (Å²) in [5.41, 5.74) is 0. The minimum absolute atomic E-state index is 0.0487. The molecule has 0 saturated heterocycles. The van der Waals surface area contributed by atoms with Crippen LogP contribution in [0.15, 0.2) is 0 Å². The molecule has 6 heteroatoms. The minimum Gasteiger partial charge on any atom is -0.466 e. The van der Waals surface area contributed by atoms with E-state index >= 15 is 0 Å². The number of unbranched alkanes of at least 4 members (excludes halogenated alkanes) is 36. The Kier molecular flexibility index (Phi) is 76.8. The Morgan fingerprint density at radius 3 is 0.787 bits per heavy atom. The molecule has 0 aromatic rings. The molecular formula is C74H150O6. The average Bonchev–Trinajstić information content (AvgIpc) is 3.45. The van der Waals surface area contributed by atoms with Gasteiger partial charge in [0.1, 0.15) is 0 Å². The second-order valence-corrected chi connectivity index (χ2v) is 25.3. The largest absolute Gasteiger partial charge is 0.466 e. The van der Waals surface area contributed by atoms with Crippen LogP contribution in [-0.2, 0) is 19.1 Å². The van der Waals surface area contributed by atoms with E-state index in [0.717, 1.165) is 88.9 Å². The maximum atomic E-state index is 12.1. The van der Waals surface area contributed by atoms with Gasteiger partial charge in [-0.15, -0.1) is 0 Å². The topological polar surface area (TPSA) is 93.1 Å². The van der Waals surface area contributed by atoms with Gasteiger partial charge in [0, 0.05) is 12.8 Å². The van der Waals surface area contributed by atoms with Gasteiger partial charge in [0.25, 0.3) is 0 Å². The van der Waals surface area contributed by atoms with Crippen LogP contribution in [0.4, 0.5) is 0 Å². The highest BCUT2D eigenvalue weighted by Crippen LogP contribution is 2.25. The van der Waals surface area contributed by atoms with Crippen molar-refractivity contribution < 1.29 is 29.3 Å². The van der Waals surface area contributed by atoms with Gasteiger partial charge >= 0.3 is 11.9 Å². The summed E-state index contributed by atoms with van der Waals surface area (Å²) in [6, 6.07) is 0. The zero-order chi connectivity index (χ0) is 59.3. The first kappa shape index (κ1) is 83.1. The Morgan fingerprint density at radius 1 is 0.250 bits per heavy atom. The Morgan fingerprint density at radius 2 is 0.487 bits per heavy atom. The number of carbonyl (C=O) groups is 2. The van der Waals surface area contributed by atoms with Crippen molar-refractivity contribution in [1.82, 2.24) is 0 Å². The number of carbonyl (C=O) groups excluding carboxylic acids is 2. The summed E-state index contributed by atoms with van der Waals surface area (Å²) in [7, 11) is 0. The molecule has 0 aromatic heterocycles. The average molecular weight is 1140 g/mol. The summed E-state index contributed by atoms with van der Waals surface area (Å²) in [6.07, 6.45) is 71.9. The summed E-state index contributed by atoms with van der Waals surface area (Å²) in [5.74, 6) is 1.71. The molecule has 80 heavy (non-hydrogen) atoms. The van der Waals surface area contributed by atoms with Gasteiger partial charge in [0.05, 0.1) is 25.4 Å². The van der Waals surface area contributed by atoms with Crippen molar-refractivity contribution in [3.63, 3.8) is 0 Å². The number of esters is 2. The number of aliphatic hydroxyl groups is 2. The lowest BCUT2D eigenvalue weighted by atomic mass is 9.90. The van der Waals surface area contributed by atoms with Crippen LogP contribution in [0.3, 0.4) is 0 Å². The third-order valence-electron chi connectivity index (χ3n) is 17.1. The van der Waals surface area contributed by atoms with Crippen LogP contribution in [0.5, 0.6) is 0 Å². The zero-order valence-electron chi connectivity index (χ0n) is 56.3. The van der Waals surface area contributed by atoms with Crippen LogP contribution in [0.2, 0.25) is 0 Å². The van der Waals surface area contributed by atoms with Crippen molar-refractivity contribution in [2.24, 2.45) is 11.8 Å². The fraction of sp³-hybridized carbons (Fsp3) is 0.973. The highest BCUT2D eigenvalue weighted by atomic mass is 16.5. The number of aliphatic hydroxyl groups excluding tert-OH is 2. The van der Waals surface area contributed by atoms with Gasteiger partial charge in [-0.2, -0.15) is 0 Å². The first-order chi connectivity index (χ1) is 39.2. The molecule has 0 radical (unpaired) electrons. The maximum Gasteiger partial charge on any atom is 0.305 e. The van der Waals surface area contributed by atoms with Crippen molar-refractivity contribution in [3.05, 3.63) is 0 Å². The smallest absolute Gasteiger partial charge is 0.305 e. The fourth-order valence-electron chi connectivity index (χ4n) is 11.4. The summed E-state index contributed by atoms with van der Waals surface area (Å²) >= 11 is 0. The Balaban J connectivity index is -0.00000118. The SMILES string of the molecule is CCCCCCCCC(CCCCCCCC)CCCOC(=O)CCCCC(O)CCCCCCC.CCCCCCCCCCCCC(CC)CCC.CCCCCCCCCCOC(=O)CCCCC(O)CCCCCCC. The van der Waals surface area contributed by atoms with E-state index in [0.29, 0.717) is 26.1 Å². The predicted octanol–water partition coefficient (Wildman–Crippen LogP) is 24.8. The van der Waals surface area contributed by atoms with E-state index in [1.54, 1.807) is 0 Å². The van der Waals surface area contributed by atoms with E-state index in [1.165, 1.54) is 283 Å². The Hall–Kier alpha value is -1.14. The molecule has 0 aromatic carbocycles. The van der Waals surface area contributed by atoms with Gasteiger partial charge in [-0.3, -0.25) is 9.59 Å². The van der Waals surface area contributed by atoms with Gasteiger partial charge in [-0.25, -0.2) is 0 Å². The molecule has 0 bridgehead atoms. The number of ether oxygens (including phenoxy) is 2. The van der Waals surface area contributed by atoms with Crippen LogP contribution in [0.25, 0.3) is 0 Å². The molecule has 0 spiro atoms. The molecule has 3 unspecified atom stereocenters. The lowest BCUT2D eigenvalue weighted by Gasteiger charge is -2.17. The van der Waals surface area contributed by atoms with Gasteiger partial charge in [0.2, 0.25) is 0 Å². The van der Waals surface area contributed by atoms with Crippen LogP contribution < -0.4 is 0 Å². The first-order valence-corrected chi connectivity index (χ1v) is 36.9. The van der Waals surface area contributed by atoms with Crippen molar-refractivity contribution in [3.8, 4) is 0 Å². The van der Waals surface area contributed by atoms with Crippen molar-refractivity contribution in [1.29, 1.82) is 0 Å². The van der Waals surface area contributed by atoms with Crippen LogP contribution >= 0.6 is 0 Å². The molecule has 0 aliphatic rings. The minimum atomic E-state index is -0.196. The number of hydrogen-bond acceptors (Lipinski definition) is 6. The molecule has 0 amide bonds. The van der Waals surface area contributed by atoms with Gasteiger partial charge < -0.3 is 19.7 Å². The Bertz CT molecular complexity index is 1110. The molecule has 0 fully saturated rings. The summed E-state index contributed by atoms with van der Waals surface area (Å²) in [5, 5.41) is 20.1. The van der Waals surface area contributed by atoms with Crippen LogP contribution in [0, 0.1) is 11.8 Å². The maximum absolute atomic E-state index is 12.1. The molecule has 0 rings (SSSR count). The molecule has 0 aliphatic carbocycles. The monoisotopic (exact) mass is 1140 g/mol. The fourth-order valence-corrected chi connectivity index (χ4v) is 11.4. The van der Waals surface area contributed by atoms with Crippen molar-refractivity contribution in [2.45, 2.75) is 440 Å². The van der Waals surface area contributed by atoms with E-state index < -0.39 is 0 Å². The van der Waals surface area contributed by atoms with Crippen molar-refractivity contribution >= 4 is 11.9 Å². The van der Waals surface area contributed by atoms with E-state index in [4.69, 9.17) is 9.47 Å². The third-order valence-corrected chi connectivity index (χ3v) is 17.1. The highest BCUT2D eigenvalue weighted by molar-refractivity contribution is 5.69. The highest BCUT2D eigenvalue weighted by Gasteiger charge is 2.12. The van der Waals surface area contributed by atoms with Gasteiger partial charge in [0.15, 0.2) is 0 Å². The lowest BCUT2D eigenvalue weighted by molar-refractivity contribution is -0.144. The zero-order valence-corrected chi connectivity index (χ0v) is 56.3. The third kappa shape index (κ3) is 73.0. The second-order valence-electron chi connectivity index (χ2n) is 25.3. The molecule has 3 atom stereocenters. The first-order valence-electron chi connectivity index (χ1n) is 36.9. The normalized spacial score (nSPS) is 12.4. The van der Waals surface area contributed by atoms with Crippen LogP contribution in [-0.4, -0.2) is 47.6 Å². The lowest BCUT2D eigenvalue weighted by Crippen LogP contribution is -2.09. The van der Waals surface area contributed by atoms with E-state index in [9.17, 15) is 19.8 Å². The molecule has 0 aliphatic heterocycles. The Labute approximate surface area is 504 Å². The van der Waals surface area contributed by atoms with E-state index in [1.807, 2.05) is 0 Å². The standard InChI is InChI=1S/C33H66O3.C23H46O3.C18H38/c1-4-7-10-13-16-18-24-31(25-19-17-14-11-8-5-2)26-23-30-36-33(35)29-22-21-28-32(34)27-20-15-12-9-6-3;1-3-5-7-9-10-11-13-17-21-26-23(25)20-16-15-19-22(24)18-14-12-8-6-4-2;1-4-7-8-9-10-11-12-13-14-15-17-18(6-3)16-5-2/h31-32,34H,4-30H2,1-3H3;22,24H,3-21H2,1-2H3;18H,4-17H2,1-3H3. The quantitative estimate of drug-likeness (QED) is 0.0466. The number of hydrogen-bond donors (Lipinski definition) is 2. The van der Waals surface area contributed by atoms with E-state index in [-0.39, 0.29) is 24.1 Å². The molecule has 482 valence electrons. The van der Waals surface area contributed by atoms with Gasteiger partial charge in [-0.1, -0.05) is 357 Å². The summed E-state index contributed by atoms with van der Waals surface area (Å²) < 4.78 is 10.8. The molecule has 0 saturated carbocycles. The molecule has 6 nitrogen and oxygen atoms in total. The molecule has 0 heterocycles. The summed E-state index contributed by atoms with van der Waals surface area (Å²) in [6.45, 7) is 19.4. The van der Waals surface area contributed by atoms with Crippen LogP contribution in [0.1, 0.15) is 428 Å². The second kappa shape index (κ2) is 74.0. The predicted molar refractivity (Wildman–Crippen MR) is 354 cm³/mol. The molecular weight excluding hydrogens is 985 g/mol. The summed E-state index contributed by atoms with van der Waals surface area (Å²) in [4.78, 5) is 23.8.